The number of carbonyl (C=O) groups excluding carboxylic acids is 2. The number of hydrogen-bond donors (Lipinski definition) is 1. The van der Waals surface area contributed by atoms with E-state index < -0.39 is 17.4 Å². The summed E-state index contributed by atoms with van der Waals surface area (Å²) >= 11 is 0. The van der Waals surface area contributed by atoms with E-state index in [0.29, 0.717) is 5.56 Å². The lowest BCUT2D eigenvalue weighted by Crippen LogP contribution is -2.48. The van der Waals surface area contributed by atoms with Gasteiger partial charge < -0.3 is 5.32 Å². The molecule has 0 spiro atoms. The number of urea groups is 1. The normalized spacial score (nSPS) is 23.1. The molecule has 0 bridgehead atoms. The average Bonchev–Trinajstić information content (AvgIpc) is 2.57. The number of hydrogen-bond acceptors (Lipinski definition) is 2. The molecule has 1 saturated heterocycles. The maximum Gasteiger partial charge on any atom is 0.325 e. The molecule has 1 aromatic rings. The molecule has 19 heavy (non-hydrogen) atoms. The third kappa shape index (κ3) is 2.20. The van der Waals surface area contributed by atoms with Crippen molar-refractivity contribution in [2.24, 2.45) is 5.92 Å². The Morgan fingerprint density at radius 3 is 2.47 bits per heavy atom. The second-order valence-corrected chi connectivity index (χ2v) is 5.27. The molecular weight excluding hydrogens is 247 g/mol. The molecule has 0 aromatic heterocycles. The van der Waals surface area contributed by atoms with Gasteiger partial charge in [0, 0.05) is 5.56 Å². The molecule has 0 unspecified atom stereocenters. The molecule has 4 nitrogen and oxygen atoms in total. The number of amides is 3. The number of carbonyl (C=O) groups is 2. The number of benzene rings is 1. The van der Waals surface area contributed by atoms with Crippen LogP contribution in [0.2, 0.25) is 0 Å². The zero-order chi connectivity index (χ0) is 14.2. The van der Waals surface area contributed by atoms with Gasteiger partial charge in [-0.3, -0.25) is 9.69 Å². The van der Waals surface area contributed by atoms with Gasteiger partial charge in [0.25, 0.3) is 5.91 Å². The fraction of sp³-hybridized carbons (Fsp3) is 0.429. The van der Waals surface area contributed by atoms with Crippen LogP contribution < -0.4 is 5.32 Å². The zero-order valence-electron chi connectivity index (χ0n) is 11.2. The SMILES string of the molecule is CC(C)[C@@]1(C)NC(=O)N(Cc2ccccc2F)C1=O. The number of rotatable bonds is 3. The Balaban J connectivity index is 2.25. The van der Waals surface area contributed by atoms with Gasteiger partial charge in [0.2, 0.25) is 0 Å². The van der Waals surface area contributed by atoms with Crippen molar-refractivity contribution in [2.45, 2.75) is 32.9 Å². The van der Waals surface area contributed by atoms with Crippen molar-refractivity contribution in [2.75, 3.05) is 0 Å². The van der Waals surface area contributed by atoms with Crippen LogP contribution in [0, 0.1) is 11.7 Å². The van der Waals surface area contributed by atoms with Gasteiger partial charge in [-0.15, -0.1) is 0 Å². The molecule has 1 aliphatic heterocycles. The third-order valence-corrected chi connectivity index (χ3v) is 3.74. The smallest absolute Gasteiger partial charge is 0.323 e. The van der Waals surface area contributed by atoms with E-state index in [2.05, 4.69) is 5.32 Å². The highest BCUT2D eigenvalue weighted by Crippen LogP contribution is 2.26. The minimum atomic E-state index is -0.914. The monoisotopic (exact) mass is 264 g/mol. The van der Waals surface area contributed by atoms with Gasteiger partial charge in [0.05, 0.1) is 6.54 Å². The Morgan fingerprint density at radius 2 is 1.95 bits per heavy atom. The van der Waals surface area contributed by atoms with Crippen molar-refractivity contribution < 1.29 is 14.0 Å². The van der Waals surface area contributed by atoms with Gasteiger partial charge in [-0.1, -0.05) is 32.0 Å². The van der Waals surface area contributed by atoms with E-state index in [4.69, 9.17) is 0 Å². The molecular formula is C14H17FN2O2. The van der Waals surface area contributed by atoms with Gasteiger partial charge in [0.15, 0.2) is 0 Å². The van der Waals surface area contributed by atoms with Crippen LogP contribution in [0.4, 0.5) is 9.18 Å². The molecule has 1 fully saturated rings. The fourth-order valence-electron chi connectivity index (χ4n) is 2.05. The molecule has 0 radical (unpaired) electrons. The summed E-state index contributed by atoms with van der Waals surface area (Å²) in [5, 5.41) is 2.68. The Kier molecular flexibility index (Phi) is 3.30. The molecule has 2 rings (SSSR count). The summed E-state index contributed by atoms with van der Waals surface area (Å²) in [5.74, 6) is -0.758. The Labute approximate surface area is 111 Å². The van der Waals surface area contributed by atoms with Gasteiger partial charge in [-0.2, -0.15) is 0 Å². The van der Waals surface area contributed by atoms with Crippen LogP contribution in [0.1, 0.15) is 26.3 Å². The largest absolute Gasteiger partial charge is 0.325 e. The van der Waals surface area contributed by atoms with Crippen molar-refractivity contribution in [3.8, 4) is 0 Å². The number of nitrogens with zero attached hydrogens (tertiary/aromatic N) is 1. The van der Waals surface area contributed by atoms with E-state index in [1.807, 2.05) is 13.8 Å². The van der Waals surface area contributed by atoms with Crippen LogP contribution in [-0.2, 0) is 11.3 Å². The number of nitrogens with one attached hydrogen (secondary N) is 1. The lowest BCUT2D eigenvalue weighted by molar-refractivity contribution is -0.132. The minimum Gasteiger partial charge on any atom is -0.323 e. The number of halogens is 1. The molecule has 1 aromatic carbocycles. The Bertz CT molecular complexity index is 530. The van der Waals surface area contributed by atoms with Crippen LogP contribution in [0.15, 0.2) is 24.3 Å². The Hall–Kier alpha value is -1.91. The average molecular weight is 264 g/mol. The molecule has 1 N–H and O–H groups in total. The van der Waals surface area contributed by atoms with Crippen molar-refractivity contribution in [3.63, 3.8) is 0 Å². The second-order valence-electron chi connectivity index (χ2n) is 5.27. The minimum absolute atomic E-state index is 0.0328. The van der Waals surface area contributed by atoms with Crippen LogP contribution in [0.5, 0.6) is 0 Å². The summed E-state index contributed by atoms with van der Waals surface area (Å²) in [6.45, 7) is 5.38. The summed E-state index contributed by atoms with van der Waals surface area (Å²) in [7, 11) is 0. The van der Waals surface area contributed by atoms with E-state index in [1.165, 1.54) is 6.07 Å². The molecule has 1 atom stereocenters. The van der Waals surface area contributed by atoms with Gasteiger partial charge >= 0.3 is 6.03 Å². The molecule has 0 saturated carbocycles. The first-order chi connectivity index (χ1) is 8.86. The predicted octanol–water partition coefficient (Wildman–Crippen LogP) is 2.29. The van der Waals surface area contributed by atoms with Crippen LogP contribution in [0.25, 0.3) is 0 Å². The van der Waals surface area contributed by atoms with Gasteiger partial charge in [-0.05, 0) is 18.9 Å². The van der Waals surface area contributed by atoms with E-state index in [0.717, 1.165) is 4.90 Å². The molecule has 0 aliphatic carbocycles. The third-order valence-electron chi connectivity index (χ3n) is 3.74. The van der Waals surface area contributed by atoms with E-state index >= 15 is 0 Å². The lowest BCUT2D eigenvalue weighted by Gasteiger charge is -2.25. The summed E-state index contributed by atoms with van der Waals surface area (Å²) in [5.41, 5.74) is -0.582. The fourth-order valence-corrected chi connectivity index (χ4v) is 2.05. The van der Waals surface area contributed by atoms with E-state index in [-0.39, 0.29) is 18.4 Å². The summed E-state index contributed by atoms with van der Waals surface area (Å²) in [6.07, 6.45) is 0. The van der Waals surface area contributed by atoms with Crippen LogP contribution in [-0.4, -0.2) is 22.4 Å². The summed E-state index contributed by atoms with van der Waals surface area (Å²) in [6, 6.07) is 5.67. The first-order valence-electron chi connectivity index (χ1n) is 6.23. The van der Waals surface area contributed by atoms with Gasteiger partial charge in [-0.25, -0.2) is 9.18 Å². The molecule has 102 valence electrons. The summed E-state index contributed by atoms with van der Waals surface area (Å²) in [4.78, 5) is 25.3. The highest BCUT2D eigenvalue weighted by molar-refractivity contribution is 6.06. The lowest BCUT2D eigenvalue weighted by atomic mass is 9.88. The first kappa shape index (κ1) is 13.5. The maximum absolute atomic E-state index is 13.6. The predicted molar refractivity (Wildman–Crippen MR) is 68.7 cm³/mol. The topological polar surface area (TPSA) is 49.4 Å². The maximum atomic E-state index is 13.6. The highest BCUT2D eigenvalue weighted by atomic mass is 19.1. The molecule has 1 heterocycles. The van der Waals surface area contributed by atoms with E-state index in [1.54, 1.807) is 25.1 Å². The standard InChI is InChI=1S/C14H17FN2O2/c1-9(2)14(3)12(18)17(13(19)16-14)8-10-6-4-5-7-11(10)15/h4-7,9H,8H2,1-3H3,(H,16,19)/t14-/m1/s1. The Morgan fingerprint density at radius 1 is 1.32 bits per heavy atom. The van der Waals surface area contributed by atoms with Crippen molar-refractivity contribution in [3.05, 3.63) is 35.6 Å². The summed E-state index contributed by atoms with van der Waals surface area (Å²) < 4.78 is 13.6. The zero-order valence-corrected chi connectivity index (χ0v) is 11.2. The second kappa shape index (κ2) is 4.64. The number of imide groups is 1. The van der Waals surface area contributed by atoms with Crippen molar-refractivity contribution >= 4 is 11.9 Å². The molecule has 3 amide bonds. The quantitative estimate of drug-likeness (QED) is 0.851. The molecule has 1 aliphatic rings. The molecule has 5 heteroatoms. The van der Waals surface area contributed by atoms with Gasteiger partial charge in [0.1, 0.15) is 11.4 Å². The van der Waals surface area contributed by atoms with E-state index in [9.17, 15) is 14.0 Å². The van der Waals surface area contributed by atoms with Crippen LogP contribution >= 0.6 is 0 Å². The van der Waals surface area contributed by atoms with Crippen molar-refractivity contribution in [1.29, 1.82) is 0 Å². The first-order valence-corrected chi connectivity index (χ1v) is 6.23. The highest BCUT2D eigenvalue weighted by Gasteiger charge is 2.49. The van der Waals surface area contributed by atoms with Crippen LogP contribution in [0.3, 0.4) is 0 Å². The van der Waals surface area contributed by atoms with Crippen molar-refractivity contribution in [1.82, 2.24) is 10.2 Å².